The van der Waals surface area contributed by atoms with Crippen LogP contribution in [-0.2, 0) is 13.0 Å². The predicted molar refractivity (Wildman–Crippen MR) is 124 cm³/mol. The summed E-state index contributed by atoms with van der Waals surface area (Å²) in [5, 5.41) is 11.5. The maximum Gasteiger partial charge on any atom is 0.119 e. The van der Waals surface area contributed by atoms with Crippen molar-refractivity contribution in [2.75, 3.05) is 13.7 Å². The fraction of sp³-hybridized carbons (Fsp3) is 0.462. The van der Waals surface area contributed by atoms with E-state index in [2.05, 4.69) is 19.1 Å². The molecule has 0 fully saturated rings. The van der Waals surface area contributed by atoms with Gasteiger partial charge in [-0.05, 0) is 54.8 Å². The Morgan fingerprint density at radius 3 is 2.40 bits per heavy atom. The zero-order valence-corrected chi connectivity index (χ0v) is 18.3. The van der Waals surface area contributed by atoms with Crippen molar-refractivity contribution in [3.63, 3.8) is 0 Å². The first-order valence-corrected chi connectivity index (χ1v) is 11.2. The number of nitrogens with zero attached hydrogens (tertiary/aromatic N) is 1. The summed E-state index contributed by atoms with van der Waals surface area (Å²) >= 11 is 0. The molecule has 0 spiro atoms. The van der Waals surface area contributed by atoms with E-state index in [1.54, 1.807) is 7.11 Å². The van der Waals surface area contributed by atoms with Gasteiger partial charge >= 0.3 is 0 Å². The van der Waals surface area contributed by atoms with Crippen molar-refractivity contribution in [3.05, 3.63) is 60.3 Å². The number of aliphatic hydroxyl groups excluding tert-OH is 1. The van der Waals surface area contributed by atoms with Gasteiger partial charge in [0.2, 0.25) is 0 Å². The smallest absolute Gasteiger partial charge is 0.119 e. The molecular formula is C26H35NO3. The second-order valence-corrected chi connectivity index (χ2v) is 8.02. The molecule has 0 saturated heterocycles. The zero-order chi connectivity index (χ0) is 21.2. The van der Waals surface area contributed by atoms with Crippen LogP contribution in [-0.4, -0.2) is 29.5 Å². The van der Waals surface area contributed by atoms with E-state index in [4.69, 9.17) is 9.47 Å². The Labute approximate surface area is 180 Å². The Hall–Kier alpha value is -2.46. The number of rotatable bonds is 13. The maximum absolute atomic E-state index is 10.4. The number of methoxy groups -OCH3 is 1. The fourth-order valence-electron chi connectivity index (χ4n) is 3.80. The highest BCUT2D eigenvalue weighted by atomic mass is 16.5. The van der Waals surface area contributed by atoms with Crippen LogP contribution >= 0.6 is 0 Å². The second-order valence-electron chi connectivity index (χ2n) is 8.02. The van der Waals surface area contributed by atoms with Crippen molar-refractivity contribution < 1.29 is 14.6 Å². The van der Waals surface area contributed by atoms with Crippen LogP contribution in [0.15, 0.2) is 54.7 Å². The molecule has 3 aromatic rings. The predicted octanol–water partition coefficient (Wildman–Crippen LogP) is 5.99. The van der Waals surface area contributed by atoms with Crippen LogP contribution in [0.1, 0.15) is 51.0 Å². The van der Waals surface area contributed by atoms with Gasteiger partial charge in [0.05, 0.1) is 13.7 Å². The summed E-state index contributed by atoms with van der Waals surface area (Å²) in [6.45, 7) is 3.02. The molecule has 4 heteroatoms. The number of unbranched alkanes of at least 4 members (excludes halogenated alkanes) is 5. The molecular weight excluding hydrogens is 374 g/mol. The first kappa shape index (κ1) is 22.2. The Balaban J connectivity index is 1.42. The lowest BCUT2D eigenvalue weighted by atomic mass is 10.0. The van der Waals surface area contributed by atoms with Crippen LogP contribution in [0.25, 0.3) is 10.9 Å². The summed E-state index contributed by atoms with van der Waals surface area (Å²) in [4.78, 5) is 0. The molecule has 1 atom stereocenters. The van der Waals surface area contributed by atoms with E-state index in [0.717, 1.165) is 28.8 Å². The van der Waals surface area contributed by atoms with Crippen LogP contribution in [0.3, 0.4) is 0 Å². The number of ether oxygens (including phenoxy) is 2. The average Bonchev–Trinajstić information content (AvgIpc) is 3.17. The standard InChI is InChI=1S/C26H35NO3/c1-3-4-5-6-7-8-9-21-10-12-24(13-11-21)30-20-23(28)19-27-17-16-22-18-25(29-2)14-15-26(22)27/h10-18,23,28H,3-9,19-20H2,1-2H3. The zero-order valence-electron chi connectivity index (χ0n) is 18.3. The third-order valence-corrected chi connectivity index (χ3v) is 5.57. The molecule has 0 radical (unpaired) electrons. The normalized spacial score (nSPS) is 12.2. The molecule has 30 heavy (non-hydrogen) atoms. The third kappa shape index (κ3) is 6.53. The van der Waals surface area contributed by atoms with E-state index in [-0.39, 0.29) is 6.61 Å². The Morgan fingerprint density at radius 2 is 1.63 bits per heavy atom. The molecule has 0 amide bonds. The van der Waals surface area contributed by atoms with Gasteiger partial charge in [-0.25, -0.2) is 0 Å². The quantitative estimate of drug-likeness (QED) is 0.353. The van der Waals surface area contributed by atoms with E-state index in [0.29, 0.717) is 6.54 Å². The lowest BCUT2D eigenvalue weighted by Crippen LogP contribution is -2.23. The van der Waals surface area contributed by atoms with Gasteiger partial charge < -0.3 is 19.1 Å². The summed E-state index contributed by atoms with van der Waals surface area (Å²) in [5.74, 6) is 1.65. The van der Waals surface area contributed by atoms with E-state index in [1.807, 2.05) is 47.2 Å². The number of hydrogen-bond acceptors (Lipinski definition) is 3. The largest absolute Gasteiger partial charge is 0.497 e. The van der Waals surface area contributed by atoms with E-state index < -0.39 is 6.10 Å². The van der Waals surface area contributed by atoms with E-state index in [9.17, 15) is 5.11 Å². The minimum atomic E-state index is -0.578. The first-order chi connectivity index (χ1) is 14.7. The Kier molecular flexibility index (Phi) is 8.64. The number of aryl methyl sites for hydroxylation is 1. The summed E-state index contributed by atoms with van der Waals surface area (Å²) in [6.07, 6.45) is 10.5. The molecule has 0 aliphatic rings. The third-order valence-electron chi connectivity index (χ3n) is 5.57. The van der Waals surface area contributed by atoms with Crippen molar-refractivity contribution >= 4 is 10.9 Å². The second kappa shape index (κ2) is 11.7. The maximum atomic E-state index is 10.4. The highest BCUT2D eigenvalue weighted by Gasteiger charge is 2.09. The van der Waals surface area contributed by atoms with Crippen molar-refractivity contribution in [2.24, 2.45) is 0 Å². The number of aliphatic hydroxyl groups is 1. The van der Waals surface area contributed by atoms with Gasteiger partial charge in [0.25, 0.3) is 0 Å². The van der Waals surface area contributed by atoms with E-state index in [1.165, 1.54) is 44.1 Å². The molecule has 0 aliphatic heterocycles. The molecule has 1 heterocycles. The topological polar surface area (TPSA) is 43.6 Å². The molecule has 0 aliphatic carbocycles. The minimum Gasteiger partial charge on any atom is -0.497 e. The molecule has 1 aromatic heterocycles. The SMILES string of the molecule is CCCCCCCCc1ccc(OCC(O)Cn2ccc3cc(OC)ccc32)cc1. The van der Waals surface area contributed by atoms with Gasteiger partial charge in [0.15, 0.2) is 0 Å². The van der Waals surface area contributed by atoms with Gasteiger partial charge in [0.1, 0.15) is 24.2 Å². The van der Waals surface area contributed by atoms with Crippen LogP contribution in [0.4, 0.5) is 0 Å². The Morgan fingerprint density at radius 1 is 0.900 bits per heavy atom. The molecule has 1 N–H and O–H groups in total. The van der Waals surface area contributed by atoms with Gasteiger partial charge in [-0.2, -0.15) is 0 Å². The van der Waals surface area contributed by atoms with Crippen molar-refractivity contribution in [3.8, 4) is 11.5 Å². The fourth-order valence-corrected chi connectivity index (χ4v) is 3.80. The van der Waals surface area contributed by atoms with Gasteiger partial charge in [-0.3, -0.25) is 0 Å². The van der Waals surface area contributed by atoms with Crippen molar-refractivity contribution in [2.45, 2.75) is 64.5 Å². The number of benzene rings is 2. The molecule has 162 valence electrons. The highest BCUT2D eigenvalue weighted by Crippen LogP contribution is 2.22. The summed E-state index contributed by atoms with van der Waals surface area (Å²) in [6, 6.07) is 16.3. The van der Waals surface area contributed by atoms with Crippen molar-refractivity contribution in [1.82, 2.24) is 4.57 Å². The minimum absolute atomic E-state index is 0.270. The summed E-state index contributed by atoms with van der Waals surface area (Å²) in [7, 11) is 1.67. The van der Waals surface area contributed by atoms with Crippen molar-refractivity contribution in [1.29, 1.82) is 0 Å². The average molecular weight is 410 g/mol. The molecule has 0 saturated carbocycles. The summed E-state index contributed by atoms with van der Waals surface area (Å²) < 4.78 is 13.1. The molecule has 1 unspecified atom stereocenters. The number of hydrogen-bond donors (Lipinski definition) is 1. The molecule has 4 nitrogen and oxygen atoms in total. The van der Waals surface area contributed by atoms with Crippen LogP contribution < -0.4 is 9.47 Å². The van der Waals surface area contributed by atoms with Gasteiger partial charge in [-0.1, -0.05) is 51.2 Å². The van der Waals surface area contributed by atoms with Gasteiger partial charge in [-0.15, -0.1) is 0 Å². The molecule has 0 bridgehead atoms. The lowest BCUT2D eigenvalue weighted by Gasteiger charge is -2.14. The van der Waals surface area contributed by atoms with Gasteiger partial charge in [0, 0.05) is 17.1 Å². The number of fused-ring (bicyclic) bond motifs is 1. The monoisotopic (exact) mass is 409 g/mol. The van der Waals surface area contributed by atoms with Crippen LogP contribution in [0.2, 0.25) is 0 Å². The molecule has 3 rings (SSSR count). The first-order valence-electron chi connectivity index (χ1n) is 11.2. The molecule has 2 aromatic carbocycles. The highest BCUT2D eigenvalue weighted by molar-refractivity contribution is 5.81. The Bertz CT molecular complexity index is 885. The summed E-state index contributed by atoms with van der Waals surface area (Å²) in [5.41, 5.74) is 2.43. The number of aromatic nitrogens is 1. The van der Waals surface area contributed by atoms with Crippen LogP contribution in [0, 0.1) is 0 Å². The van der Waals surface area contributed by atoms with Crippen LogP contribution in [0.5, 0.6) is 11.5 Å². The van der Waals surface area contributed by atoms with E-state index >= 15 is 0 Å². The lowest BCUT2D eigenvalue weighted by molar-refractivity contribution is 0.0935.